The van der Waals surface area contributed by atoms with Crippen LogP contribution in [0.2, 0.25) is 0 Å². The lowest BCUT2D eigenvalue weighted by Crippen LogP contribution is -1.76. The molecule has 0 aromatic heterocycles. The third kappa shape index (κ3) is 5.50. The van der Waals surface area contributed by atoms with E-state index in [0.717, 1.165) is 0 Å². The Bertz CT molecular complexity index is 112. The van der Waals surface area contributed by atoms with E-state index < -0.39 is 5.83 Å². The SMILES string of the molecule is O=C/C(F)=C\CCCCl. The molecule has 0 N–H and O–H groups in total. The van der Waals surface area contributed by atoms with Gasteiger partial charge in [0.25, 0.3) is 0 Å². The van der Waals surface area contributed by atoms with Gasteiger partial charge in [-0.25, -0.2) is 4.39 Å². The molecular weight excluding hydrogens is 143 g/mol. The van der Waals surface area contributed by atoms with E-state index in [1.807, 2.05) is 0 Å². The molecule has 0 aliphatic heterocycles. The first-order valence-corrected chi connectivity index (χ1v) is 3.21. The maximum atomic E-state index is 11.9. The molecule has 52 valence electrons. The molecule has 0 saturated carbocycles. The second-order valence-corrected chi connectivity index (χ2v) is 1.92. The van der Waals surface area contributed by atoms with Crippen LogP contribution < -0.4 is 0 Å². The Morgan fingerprint density at radius 2 is 2.33 bits per heavy atom. The summed E-state index contributed by atoms with van der Waals surface area (Å²) >= 11 is 5.29. The van der Waals surface area contributed by atoms with Gasteiger partial charge in [0.15, 0.2) is 12.1 Å². The minimum absolute atomic E-state index is 0.189. The fraction of sp³-hybridized carbons (Fsp3) is 0.500. The number of unbranched alkanes of at least 4 members (excludes halogenated alkanes) is 1. The second kappa shape index (κ2) is 5.76. The van der Waals surface area contributed by atoms with E-state index in [2.05, 4.69) is 0 Å². The van der Waals surface area contributed by atoms with E-state index in [1.165, 1.54) is 6.08 Å². The minimum atomic E-state index is -0.708. The number of hydrogen-bond donors (Lipinski definition) is 0. The van der Waals surface area contributed by atoms with E-state index in [-0.39, 0.29) is 6.29 Å². The molecule has 0 amide bonds. The van der Waals surface area contributed by atoms with Gasteiger partial charge in [-0.3, -0.25) is 4.79 Å². The quantitative estimate of drug-likeness (QED) is 0.260. The van der Waals surface area contributed by atoms with Gasteiger partial charge in [0.2, 0.25) is 0 Å². The van der Waals surface area contributed by atoms with Gasteiger partial charge < -0.3 is 0 Å². The largest absolute Gasteiger partial charge is 0.295 e. The van der Waals surface area contributed by atoms with Gasteiger partial charge in [0.05, 0.1) is 0 Å². The Kier molecular flexibility index (Phi) is 5.52. The Hall–Kier alpha value is -0.370. The summed E-state index contributed by atoms with van der Waals surface area (Å²) in [6.45, 7) is 0. The first-order chi connectivity index (χ1) is 4.31. The maximum absolute atomic E-state index is 11.9. The first kappa shape index (κ1) is 8.63. The predicted octanol–water partition coefficient (Wildman–Crippen LogP) is 2.06. The molecule has 1 nitrogen and oxygen atoms in total. The van der Waals surface area contributed by atoms with Crippen LogP contribution in [0, 0.1) is 0 Å². The van der Waals surface area contributed by atoms with E-state index >= 15 is 0 Å². The highest BCUT2D eigenvalue weighted by atomic mass is 35.5. The number of allylic oxidation sites excluding steroid dienone is 2. The van der Waals surface area contributed by atoms with Crippen LogP contribution in [0.3, 0.4) is 0 Å². The van der Waals surface area contributed by atoms with Crippen molar-refractivity contribution in [1.29, 1.82) is 0 Å². The summed E-state index contributed by atoms with van der Waals surface area (Å²) in [6.07, 6.45) is 2.67. The number of carbonyl (C=O) groups is 1. The lowest BCUT2D eigenvalue weighted by atomic mass is 10.3. The van der Waals surface area contributed by atoms with Gasteiger partial charge in [-0.15, -0.1) is 11.6 Å². The van der Waals surface area contributed by atoms with E-state index in [0.29, 0.717) is 18.7 Å². The van der Waals surface area contributed by atoms with Crippen molar-refractivity contribution in [3.63, 3.8) is 0 Å². The molecule has 0 spiro atoms. The van der Waals surface area contributed by atoms with Gasteiger partial charge in [-0.05, 0) is 18.9 Å². The van der Waals surface area contributed by atoms with E-state index in [4.69, 9.17) is 11.6 Å². The molecule has 0 aliphatic rings. The average molecular weight is 151 g/mol. The third-order valence-corrected chi connectivity index (χ3v) is 1.06. The van der Waals surface area contributed by atoms with Crippen LogP contribution in [-0.2, 0) is 4.79 Å². The number of aldehydes is 1. The molecule has 0 aromatic carbocycles. The van der Waals surface area contributed by atoms with Gasteiger partial charge in [0.1, 0.15) is 0 Å². The molecular formula is C6H8ClFO. The van der Waals surface area contributed by atoms with Crippen LogP contribution in [0.25, 0.3) is 0 Å². The highest BCUT2D eigenvalue weighted by Crippen LogP contribution is 1.98. The van der Waals surface area contributed by atoms with Crippen molar-refractivity contribution in [3.8, 4) is 0 Å². The summed E-state index contributed by atoms with van der Waals surface area (Å²) in [7, 11) is 0. The molecule has 0 heterocycles. The zero-order valence-electron chi connectivity index (χ0n) is 4.94. The minimum Gasteiger partial charge on any atom is -0.295 e. The van der Waals surface area contributed by atoms with Crippen LogP contribution in [0.4, 0.5) is 4.39 Å². The van der Waals surface area contributed by atoms with Crippen molar-refractivity contribution in [2.75, 3.05) is 5.88 Å². The van der Waals surface area contributed by atoms with Crippen molar-refractivity contribution in [3.05, 3.63) is 11.9 Å². The molecule has 0 rings (SSSR count). The van der Waals surface area contributed by atoms with Crippen LogP contribution in [0.5, 0.6) is 0 Å². The highest BCUT2D eigenvalue weighted by Gasteiger charge is 1.87. The fourth-order valence-corrected chi connectivity index (χ4v) is 0.520. The summed E-state index contributed by atoms with van der Waals surface area (Å²) in [5.41, 5.74) is 0. The third-order valence-electron chi connectivity index (χ3n) is 0.790. The van der Waals surface area contributed by atoms with Gasteiger partial charge in [-0.1, -0.05) is 0 Å². The lowest BCUT2D eigenvalue weighted by molar-refractivity contribution is -0.106. The second-order valence-electron chi connectivity index (χ2n) is 1.54. The zero-order valence-corrected chi connectivity index (χ0v) is 5.70. The van der Waals surface area contributed by atoms with E-state index in [1.54, 1.807) is 0 Å². The Balaban J connectivity index is 3.31. The molecule has 0 aliphatic carbocycles. The van der Waals surface area contributed by atoms with Gasteiger partial charge >= 0.3 is 0 Å². The van der Waals surface area contributed by atoms with Crippen molar-refractivity contribution >= 4 is 17.9 Å². The molecule has 0 fully saturated rings. The molecule has 0 bridgehead atoms. The van der Waals surface area contributed by atoms with Crippen molar-refractivity contribution < 1.29 is 9.18 Å². The van der Waals surface area contributed by atoms with Gasteiger partial charge in [0, 0.05) is 5.88 Å². The van der Waals surface area contributed by atoms with Crippen LogP contribution >= 0.6 is 11.6 Å². The number of halogens is 2. The summed E-state index contributed by atoms with van der Waals surface area (Å²) in [4.78, 5) is 9.62. The number of alkyl halides is 1. The summed E-state index contributed by atoms with van der Waals surface area (Å²) in [6, 6.07) is 0. The smallest absolute Gasteiger partial charge is 0.178 e. The zero-order chi connectivity index (χ0) is 7.11. The standard InChI is InChI=1S/C6H8ClFO/c7-4-2-1-3-6(8)5-9/h3,5H,1-2,4H2/b6-3+. The summed E-state index contributed by atoms with van der Waals surface area (Å²) in [5, 5.41) is 0. The Morgan fingerprint density at radius 1 is 1.67 bits per heavy atom. The van der Waals surface area contributed by atoms with Crippen molar-refractivity contribution in [2.24, 2.45) is 0 Å². The molecule has 0 unspecified atom stereocenters. The van der Waals surface area contributed by atoms with Crippen LogP contribution in [-0.4, -0.2) is 12.2 Å². The topological polar surface area (TPSA) is 17.1 Å². The fourth-order valence-electron chi connectivity index (χ4n) is 0.365. The predicted molar refractivity (Wildman–Crippen MR) is 35.2 cm³/mol. The molecule has 0 aromatic rings. The molecule has 0 saturated heterocycles. The number of rotatable bonds is 4. The molecule has 3 heteroatoms. The highest BCUT2D eigenvalue weighted by molar-refractivity contribution is 6.17. The van der Waals surface area contributed by atoms with Crippen LogP contribution in [0.15, 0.2) is 11.9 Å². The average Bonchev–Trinajstić information content (AvgIpc) is 1.89. The lowest BCUT2D eigenvalue weighted by Gasteiger charge is -1.84. The van der Waals surface area contributed by atoms with Crippen molar-refractivity contribution in [2.45, 2.75) is 12.8 Å². The van der Waals surface area contributed by atoms with Crippen molar-refractivity contribution in [1.82, 2.24) is 0 Å². The number of carbonyl (C=O) groups excluding carboxylic acids is 1. The normalized spacial score (nSPS) is 11.6. The maximum Gasteiger partial charge on any atom is 0.178 e. The summed E-state index contributed by atoms with van der Waals surface area (Å²) < 4.78 is 11.9. The Morgan fingerprint density at radius 3 is 2.78 bits per heavy atom. The molecule has 9 heavy (non-hydrogen) atoms. The van der Waals surface area contributed by atoms with Crippen LogP contribution in [0.1, 0.15) is 12.8 Å². The monoisotopic (exact) mass is 150 g/mol. The van der Waals surface area contributed by atoms with Gasteiger partial charge in [-0.2, -0.15) is 0 Å². The molecule has 0 atom stereocenters. The Labute approximate surface area is 58.5 Å². The first-order valence-electron chi connectivity index (χ1n) is 2.68. The summed E-state index contributed by atoms with van der Waals surface area (Å²) in [5.74, 6) is -0.206. The number of hydrogen-bond acceptors (Lipinski definition) is 1. The molecule has 0 radical (unpaired) electrons. The van der Waals surface area contributed by atoms with E-state index in [9.17, 15) is 9.18 Å².